The summed E-state index contributed by atoms with van der Waals surface area (Å²) >= 11 is 2.51. The number of ether oxygens (including phenoxy) is 2. The zero-order chi connectivity index (χ0) is 22.6. The monoisotopic (exact) mass is 479 g/mol. The number of carbonyl (C=O) groups excluding carboxylic acids is 2. The molecule has 0 atom stereocenters. The minimum atomic E-state index is -0.364. The fourth-order valence-electron chi connectivity index (χ4n) is 3.16. The van der Waals surface area contributed by atoms with E-state index < -0.39 is 0 Å². The third-order valence-electron chi connectivity index (χ3n) is 4.67. The smallest absolute Gasteiger partial charge is 0.279 e. The van der Waals surface area contributed by atoms with E-state index in [0.717, 1.165) is 11.3 Å². The molecule has 0 aliphatic carbocycles. The van der Waals surface area contributed by atoms with Crippen LogP contribution in [-0.2, 0) is 4.79 Å². The van der Waals surface area contributed by atoms with Crippen molar-refractivity contribution in [3.8, 4) is 28.6 Å². The highest BCUT2D eigenvalue weighted by Gasteiger charge is 2.20. The largest absolute Gasteiger partial charge is 0.454 e. The molecule has 3 heterocycles. The lowest BCUT2D eigenvalue weighted by Gasteiger charge is -2.11. The first kappa shape index (κ1) is 21.0. The Hall–Kier alpha value is -3.83. The Labute approximate surface area is 196 Å². The van der Waals surface area contributed by atoms with Crippen LogP contribution in [0, 0.1) is 0 Å². The van der Waals surface area contributed by atoms with Crippen LogP contribution < -0.4 is 20.3 Å². The standard InChI is InChI=1S/C22H17N5O4S2/c28-19(23-25-21(29)18-7-4-10-32-18)12-33-22-26-24-20(27(22)15-5-2-1-3-6-15)14-8-9-16-17(11-14)31-13-30-16/h1-11H,12-13H2,(H,23,28)(H,25,29). The van der Waals surface area contributed by atoms with Gasteiger partial charge >= 0.3 is 0 Å². The van der Waals surface area contributed by atoms with Crippen molar-refractivity contribution in [1.29, 1.82) is 0 Å². The number of hydrogen-bond acceptors (Lipinski definition) is 8. The highest BCUT2D eigenvalue weighted by atomic mass is 32.2. The summed E-state index contributed by atoms with van der Waals surface area (Å²) in [4.78, 5) is 24.8. The van der Waals surface area contributed by atoms with Crippen molar-refractivity contribution in [2.75, 3.05) is 12.5 Å². The van der Waals surface area contributed by atoms with Crippen molar-refractivity contribution in [2.24, 2.45) is 0 Å². The molecule has 9 nitrogen and oxygen atoms in total. The molecule has 0 unspecified atom stereocenters. The molecule has 2 N–H and O–H groups in total. The van der Waals surface area contributed by atoms with Crippen molar-refractivity contribution in [2.45, 2.75) is 5.16 Å². The van der Waals surface area contributed by atoms with E-state index in [0.29, 0.717) is 27.4 Å². The molecule has 0 fully saturated rings. The first-order chi connectivity index (χ1) is 16.2. The van der Waals surface area contributed by atoms with Gasteiger partial charge in [0.1, 0.15) is 0 Å². The topological polar surface area (TPSA) is 107 Å². The maximum atomic E-state index is 12.3. The third-order valence-corrected chi connectivity index (χ3v) is 6.47. The first-order valence-electron chi connectivity index (χ1n) is 9.85. The molecule has 2 aromatic heterocycles. The van der Waals surface area contributed by atoms with Crippen LogP contribution in [0.5, 0.6) is 11.5 Å². The summed E-state index contributed by atoms with van der Waals surface area (Å²) in [6.45, 7) is 0.184. The molecule has 2 aromatic carbocycles. The molecule has 0 saturated heterocycles. The van der Waals surface area contributed by atoms with E-state index >= 15 is 0 Å². The van der Waals surface area contributed by atoms with E-state index in [1.165, 1.54) is 23.1 Å². The number of para-hydroxylation sites is 1. The molecule has 5 rings (SSSR count). The molecule has 0 radical (unpaired) electrons. The third kappa shape index (κ3) is 4.54. The van der Waals surface area contributed by atoms with E-state index in [1.807, 2.05) is 53.1 Å². The van der Waals surface area contributed by atoms with Crippen LogP contribution in [0.25, 0.3) is 17.1 Å². The Morgan fingerprint density at radius 3 is 2.67 bits per heavy atom. The maximum absolute atomic E-state index is 12.3. The average Bonchev–Trinajstić information content (AvgIpc) is 3.61. The minimum Gasteiger partial charge on any atom is -0.454 e. The van der Waals surface area contributed by atoms with Crippen molar-refractivity contribution in [3.05, 3.63) is 70.9 Å². The molecule has 2 amide bonds. The Morgan fingerprint density at radius 2 is 1.85 bits per heavy atom. The predicted molar refractivity (Wildman–Crippen MR) is 124 cm³/mol. The number of fused-ring (bicyclic) bond motifs is 1. The summed E-state index contributed by atoms with van der Waals surface area (Å²) in [5, 5.41) is 11.0. The number of thioether (sulfide) groups is 1. The molecule has 11 heteroatoms. The predicted octanol–water partition coefficient (Wildman–Crippen LogP) is 3.28. The van der Waals surface area contributed by atoms with Gasteiger partial charge in [0, 0.05) is 11.3 Å². The van der Waals surface area contributed by atoms with Crippen LogP contribution in [-0.4, -0.2) is 39.1 Å². The zero-order valence-electron chi connectivity index (χ0n) is 17.1. The molecule has 0 bridgehead atoms. The van der Waals surface area contributed by atoms with Gasteiger partial charge in [-0.15, -0.1) is 21.5 Å². The van der Waals surface area contributed by atoms with E-state index in [-0.39, 0.29) is 24.4 Å². The van der Waals surface area contributed by atoms with Gasteiger partial charge in [-0.3, -0.25) is 25.0 Å². The van der Waals surface area contributed by atoms with Crippen molar-refractivity contribution >= 4 is 34.9 Å². The lowest BCUT2D eigenvalue weighted by atomic mass is 10.2. The number of hydrazine groups is 1. The number of aromatic nitrogens is 3. The SMILES string of the molecule is O=C(CSc1nnc(-c2ccc3c(c2)OCO3)n1-c1ccccc1)NNC(=O)c1cccs1. The van der Waals surface area contributed by atoms with Gasteiger partial charge in [-0.2, -0.15) is 0 Å². The Morgan fingerprint density at radius 1 is 1.00 bits per heavy atom. The number of thiophene rings is 1. The molecular weight excluding hydrogens is 462 g/mol. The number of carbonyl (C=O) groups is 2. The van der Waals surface area contributed by atoms with Crippen LogP contribution in [0.15, 0.2) is 71.2 Å². The Kier molecular flexibility index (Phi) is 5.96. The number of hydrogen-bond donors (Lipinski definition) is 2. The second-order valence-electron chi connectivity index (χ2n) is 6.81. The second kappa shape index (κ2) is 9.35. The summed E-state index contributed by atoms with van der Waals surface area (Å²) in [6, 6.07) is 18.6. The van der Waals surface area contributed by atoms with Crippen molar-refractivity contribution < 1.29 is 19.1 Å². The fraction of sp³-hybridized carbons (Fsp3) is 0.0909. The van der Waals surface area contributed by atoms with Crippen LogP contribution in [0.4, 0.5) is 0 Å². The molecule has 1 aliphatic rings. The summed E-state index contributed by atoms with van der Waals surface area (Å²) in [5.41, 5.74) is 6.49. The zero-order valence-corrected chi connectivity index (χ0v) is 18.7. The highest BCUT2D eigenvalue weighted by molar-refractivity contribution is 7.99. The van der Waals surface area contributed by atoms with Crippen LogP contribution in [0.3, 0.4) is 0 Å². The molecule has 4 aromatic rings. The van der Waals surface area contributed by atoms with Crippen LogP contribution in [0.1, 0.15) is 9.67 Å². The summed E-state index contributed by atoms with van der Waals surface area (Å²) in [6.07, 6.45) is 0. The summed E-state index contributed by atoms with van der Waals surface area (Å²) in [5.74, 6) is 1.24. The van der Waals surface area contributed by atoms with Crippen LogP contribution >= 0.6 is 23.1 Å². The quantitative estimate of drug-likeness (QED) is 0.323. The molecule has 1 aliphatic heterocycles. The van der Waals surface area contributed by atoms with Crippen LogP contribution in [0.2, 0.25) is 0 Å². The Bertz CT molecular complexity index is 1290. The fourth-order valence-corrected chi connectivity index (χ4v) is 4.53. The average molecular weight is 480 g/mol. The number of amides is 2. The molecular formula is C22H17N5O4S2. The Balaban J connectivity index is 1.34. The lowest BCUT2D eigenvalue weighted by Crippen LogP contribution is -2.42. The summed E-state index contributed by atoms with van der Waals surface area (Å²) in [7, 11) is 0. The number of benzene rings is 2. The lowest BCUT2D eigenvalue weighted by molar-refractivity contribution is -0.119. The van der Waals surface area contributed by atoms with E-state index in [1.54, 1.807) is 17.5 Å². The van der Waals surface area contributed by atoms with Crippen molar-refractivity contribution in [1.82, 2.24) is 25.6 Å². The van der Waals surface area contributed by atoms with E-state index in [4.69, 9.17) is 9.47 Å². The first-order valence-corrected chi connectivity index (χ1v) is 11.7. The van der Waals surface area contributed by atoms with E-state index in [2.05, 4.69) is 21.0 Å². The number of rotatable bonds is 6. The molecule has 0 saturated carbocycles. The summed E-state index contributed by atoms with van der Waals surface area (Å²) < 4.78 is 12.8. The van der Waals surface area contributed by atoms with Gasteiger partial charge < -0.3 is 9.47 Å². The van der Waals surface area contributed by atoms with Gasteiger partial charge in [0.15, 0.2) is 22.5 Å². The van der Waals surface area contributed by atoms with Crippen molar-refractivity contribution in [3.63, 3.8) is 0 Å². The normalized spacial score (nSPS) is 11.9. The maximum Gasteiger partial charge on any atom is 0.279 e. The van der Waals surface area contributed by atoms with Gasteiger partial charge in [-0.05, 0) is 41.8 Å². The van der Waals surface area contributed by atoms with E-state index in [9.17, 15) is 9.59 Å². The van der Waals surface area contributed by atoms with Gasteiger partial charge in [0.25, 0.3) is 5.91 Å². The molecule has 166 valence electrons. The van der Waals surface area contributed by atoms with Gasteiger partial charge in [-0.1, -0.05) is 36.0 Å². The number of nitrogens with one attached hydrogen (secondary N) is 2. The molecule has 33 heavy (non-hydrogen) atoms. The second-order valence-corrected chi connectivity index (χ2v) is 8.70. The minimum absolute atomic E-state index is 0.0385. The van der Waals surface area contributed by atoms with Gasteiger partial charge in [0.05, 0.1) is 10.6 Å². The molecule has 0 spiro atoms. The van der Waals surface area contributed by atoms with Gasteiger partial charge in [-0.25, -0.2) is 0 Å². The van der Waals surface area contributed by atoms with Gasteiger partial charge in [0.2, 0.25) is 12.7 Å². The number of nitrogens with zero attached hydrogens (tertiary/aromatic N) is 3. The highest BCUT2D eigenvalue weighted by Crippen LogP contribution is 2.37.